The molecule has 0 amide bonds. The smallest absolute Gasteiger partial charge is 0.0609 e. The Labute approximate surface area is 49.5 Å². The average Bonchev–Trinajstić information content (AvgIpc) is 1.86. The Morgan fingerprint density at radius 1 is 1.29 bits per heavy atom. The average molecular weight is 121 g/mol. The molecule has 0 saturated heterocycles. The van der Waals surface area contributed by atoms with Gasteiger partial charge in [-0.15, -0.1) is 12.4 Å². The molecule has 0 heterocycles. The molecule has 0 saturated carbocycles. The number of rotatable bonds is 0. The lowest BCUT2D eigenvalue weighted by Gasteiger charge is -1.92. The van der Waals surface area contributed by atoms with Crippen LogP contribution < -0.4 is 0 Å². The molecule has 2 heteroatoms. The first-order valence-corrected chi connectivity index (χ1v) is 2.22. The van der Waals surface area contributed by atoms with Crippen LogP contribution in [0.3, 0.4) is 0 Å². The molecule has 0 radical (unpaired) electrons. The zero-order chi connectivity index (χ0) is 4.41. The lowest BCUT2D eigenvalue weighted by atomic mass is 10.3. The van der Waals surface area contributed by atoms with E-state index in [-0.39, 0.29) is 18.5 Å². The molecule has 0 aromatic rings. The van der Waals surface area contributed by atoms with Gasteiger partial charge in [-0.2, -0.15) is 0 Å². The third-order valence-electron chi connectivity index (χ3n) is 0.983. The van der Waals surface area contributed by atoms with Gasteiger partial charge in [-0.05, 0) is 12.8 Å². The van der Waals surface area contributed by atoms with Gasteiger partial charge in [-0.1, -0.05) is 12.2 Å². The molecule has 0 aromatic carbocycles. The van der Waals surface area contributed by atoms with Gasteiger partial charge in [0.05, 0.1) is 6.10 Å². The van der Waals surface area contributed by atoms with Crippen LogP contribution in [0.15, 0.2) is 12.2 Å². The van der Waals surface area contributed by atoms with Gasteiger partial charge in [-0.3, -0.25) is 0 Å². The summed E-state index contributed by atoms with van der Waals surface area (Å²) in [6.45, 7) is 0. The number of hydrogen-bond donors (Lipinski definition) is 1. The zero-order valence-corrected chi connectivity index (χ0v) is 4.82. The summed E-state index contributed by atoms with van der Waals surface area (Å²) >= 11 is 0. The van der Waals surface area contributed by atoms with Gasteiger partial charge >= 0.3 is 0 Å². The predicted molar refractivity (Wildman–Crippen MR) is 31.6 cm³/mol. The minimum atomic E-state index is -0.0648. The van der Waals surface area contributed by atoms with E-state index in [1.165, 1.54) is 0 Å². The molecule has 0 aliphatic heterocycles. The Morgan fingerprint density at radius 3 is 1.86 bits per heavy atom. The van der Waals surface area contributed by atoms with Crippen molar-refractivity contribution in [2.75, 3.05) is 0 Å². The second-order valence-corrected chi connectivity index (χ2v) is 1.60. The van der Waals surface area contributed by atoms with Gasteiger partial charge in [0.15, 0.2) is 0 Å². The number of aliphatic hydroxyl groups excluding tert-OH is 1. The summed E-state index contributed by atoms with van der Waals surface area (Å²) in [7, 11) is 0. The van der Waals surface area contributed by atoms with Gasteiger partial charge in [0.25, 0.3) is 0 Å². The van der Waals surface area contributed by atoms with E-state index < -0.39 is 0 Å². The fourth-order valence-electron chi connectivity index (χ4n) is 0.603. The summed E-state index contributed by atoms with van der Waals surface area (Å²) < 4.78 is 0. The van der Waals surface area contributed by atoms with E-state index in [9.17, 15) is 0 Å². The summed E-state index contributed by atoms with van der Waals surface area (Å²) in [5.41, 5.74) is 0. The molecule has 1 aliphatic rings. The van der Waals surface area contributed by atoms with Crippen LogP contribution in [0.1, 0.15) is 12.8 Å². The summed E-state index contributed by atoms with van der Waals surface area (Å²) in [6, 6.07) is 0. The van der Waals surface area contributed by atoms with Gasteiger partial charge < -0.3 is 5.11 Å². The third-order valence-corrected chi connectivity index (χ3v) is 0.983. The van der Waals surface area contributed by atoms with Crippen molar-refractivity contribution >= 4 is 12.4 Å². The Hall–Kier alpha value is -0.0100. The first-order valence-electron chi connectivity index (χ1n) is 2.22. The summed E-state index contributed by atoms with van der Waals surface area (Å²) in [5, 5.41) is 8.67. The molecule has 1 aliphatic carbocycles. The minimum absolute atomic E-state index is 0. The lowest BCUT2D eigenvalue weighted by Crippen LogP contribution is -1.95. The summed E-state index contributed by atoms with van der Waals surface area (Å²) in [5.74, 6) is 0. The zero-order valence-electron chi connectivity index (χ0n) is 4.00. The number of halogens is 1. The van der Waals surface area contributed by atoms with Crippen LogP contribution in [0.4, 0.5) is 0 Å². The number of aliphatic hydroxyl groups is 1. The van der Waals surface area contributed by atoms with Gasteiger partial charge in [0.1, 0.15) is 0 Å². The third kappa shape index (κ3) is 1.95. The molecule has 0 aromatic heterocycles. The van der Waals surface area contributed by atoms with Crippen molar-refractivity contribution in [1.29, 1.82) is 0 Å². The molecule has 1 N–H and O–H groups in total. The summed E-state index contributed by atoms with van der Waals surface area (Å²) in [4.78, 5) is 0. The van der Waals surface area contributed by atoms with Crippen LogP contribution in [0.5, 0.6) is 0 Å². The van der Waals surface area contributed by atoms with E-state index in [0.717, 1.165) is 12.8 Å². The van der Waals surface area contributed by atoms with E-state index in [1.807, 2.05) is 12.2 Å². The highest BCUT2D eigenvalue weighted by molar-refractivity contribution is 5.85. The van der Waals surface area contributed by atoms with Crippen molar-refractivity contribution in [3.8, 4) is 0 Å². The van der Waals surface area contributed by atoms with Gasteiger partial charge in [0, 0.05) is 0 Å². The molecule has 1 nitrogen and oxygen atoms in total. The van der Waals surface area contributed by atoms with Crippen LogP contribution in [-0.4, -0.2) is 11.2 Å². The monoisotopic (exact) mass is 120 g/mol. The van der Waals surface area contributed by atoms with Crippen LogP contribution in [0.25, 0.3) is 0 Å². The molecule has 0 fully saturated rings. The number of hydrogen-bond acceptors (Lipinski definition) is 1. The van der Waals surface area contributed by atoms with Gasteiger partial charge in [-0.25, -0.2) is 0 Å². The Kier molecular flexibility index (Phi) is 3.05. The quantitative estimate of drug-likeness (QED) is 0.475. The Balaban J connectivity index is 0.000000360. The molecule has 0 atom stereocenters. The standard InChI is InChI=1S/C5H8O.ClH/c6-5-3-1-2-4-5;/h1-2,5-6H,3-4H2;1H. The molecular weight excluding hydrogens is 112 g/mol. The molecule has 42 valence electrons. The molecule has 0 unspecified atom stereocenters. The first-order chi connectivity index (χ1) is 2.89. The Bertz CT molecular complexity index is 62.5. The first kappa shape index (κ1) is 6.99. The Morgan fingerprint density at radius 2 is 1.71 bits per heavy atom. The fourth-order valence-corrected chi connectivity index (χ4v) is 0.603. The van der Waals surface area contributed by atoms with Crippen molar-refractivity contribution in [3.63, 3.8) is 0 Å². The van der Waals surface area contributed by atoms with E-state index in [4.69, 9.17) is 5.11 Å². The second-order valence-electron chi connectivity index (χ2n) is 1.60. The molecule has 0 spiro atoms. The van der Waals surface area contributed by atoms with Crippen LogP contribution in [0.2, 0.25) is 0 Å². The van der Waals surface area contributed by atoms with Gasteiger partial charge in [0.2, 0.25) is 0 Å². The highest BCUT2D eigenvalue weighted by atomic mass is 35.5. The molecule has 0 bridgehead atoms. The molecular formula is C5H9ClO. The van der Waals surface area contributed by atoms with Crippen molar-refractivity contribution in [1.82, 2.24) is 0 Å². The maximum absolute atomic E-state index is 8.67. The van der Waals surface area contributed by atoms with Crippen molar-refractivity contribution in [2.45, 2.75) is 18.9 Å². The van der Waals surface area contributed by atoms with E-state index in [1.54, 1.807) is 0 Å². The second kappa shape index (κ2) is 3.05. The highest BCUT2D eigenvalue weighted by Gasteiger charge is 2.01. The minimum Gasteiger partial charge on any atom is -0.392 e. The topological polar surface area (TPSA) is 20.2 Å². The van der Waals surface area contributed by atoms with E-state index in [2.05, 4.69) is 0 Å². The fraction of sp³-hybridized carbons (Fsp3) is 0.600. The predicted octanol–water partition coefficient (Wildman–Crippen LogP) is 1.12. The van der Waals surface area contributed by atoms with Crippen LogP contribution >= 0.6 is 12.4 Å². The van der Waals surface area contributed by atoms with E-state index in [0.29, 0.717) is 0 Å². The molecule has 7 heavy (non-hydrogen) atoms. The normalized spacial score (nSPS) is 19.6. The maximum atomic E-state index is 8.67. The van der Waals surface area contributed by atoms with Crippen molar-refractivity contribution in [2.24, 2.45) is 0 Å². The highest BCUT2D eigenvalue weighted by Crippen LogP contribution is 2.07. The van der Waals surface area contributed by atoms with E-state index >= 15 is 0 Å². The molecule has 1 rings (SSSR count). The summed E-state index contributed by atoms with van der Waals surface area (Å²) in [6.07, 6.45) is 5.67. The van der Waals surface area contributed by atoms with Crippen LogP contribution in [-0.2, 0) is 0 Å². The van der Waals surface area contributed by atoms with Crippen molar-refractivity contribution < 1.29 is 5.11 Å². The SMILES string of the molecule is Cl.OC1CC=CC1. The van der Waals surface area contributed by atoms with Crippen molar-refractivity contribution in [3.05, 3.63) is 12.2 Å². The van der Waals surface area contributed by atoms with Crippen LogP contribution in [0, 0.1) is 0 Å². The largest absolute Gasteiger partial charge is 0.392 e. The lowest BCUT2D eigenvalue weighted by molar-refractivity contribution is 0.189. The maximum Gasteiger partial charge on any atom is 0.0609 e.